The molecule has 8 nitrogen and oxygen atoms in total. The zero-order valence-electron chi connectivity index (χ0n) is 18.6. The van der Waals surface area contributed by atoms with Crippen molar-refractivity contribution in [2.45, 2.75) is 38.9 Å². The molecule has 1 N–H and O–H groups in total. The van der Waals surface area contributed by atoms with Gasteiger partial charge in [-0.05, 0) is 43.4 Å². The standard InChI is InChI=1S/C22H23F4N7O/c1-13-4-3-9-32(18(13)12-29-21-27-10-15(11-28-21)22(24,25)26)20(34)19-14(2)16(23)5-6-17(19)33-30-7-8-31-33/h5-8,10-11,13,18H,3-4,9,12H2,1-2H3,(H,27,28,29)/t13?,18-/m1/s1. The van der Waals surface area contributed by atoms with Crippen LogP contribution in [0.3, 0.4) is 0 Å². The summed E-state index contributed by atoms with van der Waals surface area (Å²) >= 11 is 0. The Hall–Kier alpha value is -3.57. The van der Waals surface area contributed by atoms with E-state index in [1.165, 1.54) is 36.2 Å². The van der Waals surface area contributed by atoms with E-state index in [4.69, 9.17) is 0 Å². The van der Waals surface area contributed by atoms with Crippen LogP contribution in [-0.2, 0) is 6.18 Å². The Kier molecular flexibility index (Phi) is 6.49. The quantitative estimate of drug-likeness (QED) is 0.562. The summed E-state index contributed by atoms with van der Waals surface area (Å²) in [5, 5.41) is 11.1. The number of amides is 1. The summed E-state index contributed by atoms with van der Waals surface area (Å²) in [4.78, 5) is 24.1. The van der Waals surface area contributed by atoms with E-state index in [0.29, 0.717) is 24.6 Å². The van der Waals surface area contributed by atoms with Crippen molar-refractivity contribution in [1.82, 2.24) is 29.9 Å². The van der Waals surface area contributed by atoms with Crippen LogP contribution in [-0.4, -0.2) is 54.9 Å². The molecule has 1 saturated heterocycles. The molecule has 0 bridgehead atoms. The number of anilines is 1. The van der Waals surface area contributed by atoms with Crippen LogP contribution >= 0.6 is 0 Å². The van der Waals surface area contributed by atoms with Crippen LogP contribution in [0.5, 0.6) is 0 Å². The summed E-state index contributed by atoms with van der Waals surface area (Å²) in [7, 11) is 0. The second-order valence-corrected chi connectivity index (χ2v) is 8.24. The molecular weight excluding hydrogens is 454 g/mol. The average molecular weight is 477 g/mol. The first-order chi connectivity index (χ1) is 16.2. The Morgan fingerprint density at radius 2 is 1.85 bits per heavy atom. The third-order valence-corrected chi connectivity index (χ3v) is 6.05. The monoisotopic (exact) mass is 477 g/mol. The smallest absolute Gasteiger partial charge is 0.352 e. The number of likely N-dealkylation sites (tertiary alicyclic amines) is 1. The van der Waals surface area contributed by atoms with Crippen LogP contribution < -0.4 is 5.32 Å². The van der Waals surface area contributed by atoms with Crippen molar-refractivity contribution >= 4 is 11.9 Å². The average Bonchev–Trinajstić information content (AvgIpc) is 3.34. The van der Waals surface area contributed by atoms with Gasteiger partial charge in [-0.3, -0.25) is 4.79 Å². The summed E-state index contributed by atoms with van der Waals surface area (Å²) in [6.07, 6.45) is 1.45. The zero-order valence-corrected chi connectivity index (χ0v) is 18.6. The number of hydrogen-bond donors (Lipinski definition) is 1. The molecule has 2 aromatic heterocycles. The highest BCUT2D eigenvalue weighted by Gasteiger charge is 2.35. The molecule has 3 heterocycles. The SMILES string of the molecule is Cc1c(F)ccc(-n2nccn2)c1C(=O)N1CCCC(C)[C@H]1CNc1ncc(C(F)(F)F)cn1. The van der Waals surface area contributed by atoms with Crippen molar-refractivity contribution in [3.63, 3.8) is 0 Å². The van der Waals surface area contributed by atoms with Crippen LogP contribution in [0.15, 0.2) is 36.9 Å². The summed E-state index contributed by atoms with van der Waals surface area (Å²) in [5.41, 5.74) is -0.218. The van der Waals surface area contributed by atoms with Crippen molar-refractivity contribution in [3.8, 4) is 5.69 Å². The number of halogens is 4. The second kappa shape index (κ2) is 9.35. The lowest BCUT2D eigenvalue weighted by molar-refractivity contribution is -0.138. The summed E-state index contributed by atoms with van der Waals surface area (Å²) < 4.78 is 52.7. The predicted molar refractivity (Wildman–Crippen MR) is 115 cm³/mol. The van der Waals surface area contributed by atoms with E-state index in [1.54, 1.807) is 4.90 Å². The Balaban J connectivity index is 1.59. The van der Waals surface area contributed by atoms with Gasteiger partial charge in [0, 0.05) is 25.5 Å². The Morgan fingerprint density at radius 1 is 1.18 bits per heavy atom. The van der Waals surface area contributed by atoms with Crippen LogP contribution in [0.4, 0.5) is 23.5 Å². The lowest BCUT2D eigenvalue weighted by atomic mass is 9.89. The molecular formula is C22H23F4N7O. The van der Waals surface area contributed by atoms with Gasteiger partial charge in [-0.25, -0.2) is 14.4 Å². The molecule has 3 aromatic rings. The lowest BCUT2D eigenvalue weighted by Gasteiger charge is -2.40. The van der Waals surface area contributed by atoms with E-state index in [9.17, 15) is 22.4 Å². The van der Waals surface area contributed by atoms with Crippen LogP contribution in [0, 0.1) is 18.7 Å². The maximum atomic E-state index is 14.5. The molecule has 0 saturated carbocycles. The minimum Gasteiger partial charge on any atom is -0.352 e. The van der Waals surface area contributed by atoms with Crippen LogP contribution in [0.2, 0.25) is 0 Å². The van der Waals surface area contributed by atoms with E-state index in [1.807, 2.05) is 6.92 Å². The number of nitrogens with zero attached hydrogens (tertiary/aromatic N) is 6. The highest BCUT2D eigenvalue weighted by atomic mass is 19.4. The van der Waals surface area contributed by atoms with Gasteiger partial charge in [-0.2, -0.15) is 28.2 Å². The van der Waals surface area contributed by atoms with Crippen LogP contribution in [0.1, 0.15) is 41.3 Å². The fourth-order valence-electron chi connectivity index (χ4n) is 4.17. The highest BCUT2D eigenvalue weighted by Crippen LogP contribution is 2.30. The number of hydrogen-bond acceptors (Lipinski definition) is 6. The normalized spacial score (nSPS) is 18.7. The molecule has 1 amide bonds. The van der Waals surface area contributed by atoms with Gasteiger partial charge in [0.25, 0.3) is 5.91 Å². The Labute approximate surface area is 193 Å². The molecule has 4 rings (SSSR count). The molecule has 180 valence electrons. The molecule has 1 aliphatic rings. The molecule has 1 unspecified atom stereocenters. The van der Waals surface area contributed by atoms with Crippen molar-refractivity contribution in [3.05, 3.63) is 59.4 Å². The molecule has 0 radical (unpaired) electrons. The molecule has 0 spiro atoms. The maximum absolute atomic E-state index is 14.5. The number of carbonyl (C=O) groups is 1. The van der Waals surface area contributed by atoms with Gasteiger partial charge < -0.3 is 10.2 Å². The lowest BCUT2D eigenvalue weighted by Crippen LogP contribution is -2.51. The first-order valence-corrected chi connectivity index (χ1v) is 10.8. The second-order valence-electron chi connectivity index (χ2n) is 8.24. The summed E-state index contributed by atoms with van der Waals surface area (Å²) in [5.74, 6) is -0.769. The van der Waals surface area contributed by atoms with Gasteiger partial charge >= 0.3 is 6.18 Å². The first-order valence-electron chi connectivity index (χ1n) is 10.8. The number of carbonyl (C=O) groups excluding carboxylic acids is 1. The predicted octanol–water partition coefficient (Wildman–Crippen LogP) is 3.88. The first kappa shape index (κ1) is 23.6. The number of piperidine rings is 1. The van der Waals surface area contributed by atoms with Gasteiger partial charge in [-0.15, -0.1) is 0 Å². The van der Waals surface area contributed by atoms with E-state index in [0.717, 1.165) is 12.8 Å². The van der Waals surface area contributed by atoms with Crippen LogP contribution in [0.25, 0.3) is 5.69 Å². The van der Waals surface area contributed by atoms with Gasteiger partial charge in [0.1, 0.15) is 5.82 Å². The van der Waals surface area contributed by atoms with E-state index >= 15 is 0 Å². The molecule has 12 heteroatoms. The van der Waals surface area contributed by atoms with Crippen molar-refractivity contribution < 1.29 is 22.4 Å². The number of nitrogens with one attached hydrogen (secondary N) is 1. The molecule has 1 aromatic carbocycles. The molecule has 34 heavy (non-hydrogen) atoms. The number of alkyl halides is 3. The fraction of sp³-hybridized carbons (Fsp3) is 0.409. The number of rotatable bonds is 5. The zero-order chi connectivity index (χ0) is 24.5. The molecule has 0 aliphatic carbocycles. The highest BCUT2D eigenvalue weighted by molar-refractivity contribution is 5.99. The van der Waals surface area contributed by atoms with Gasteiger partial charge in [0.2, 0.25) is 5.95 Å². The summed E-state index contributed by atoms with van der Waals surface area (Å²) in [6, 6.07) is 2.42. The van der Waals surface area contributed by atoms with Crippen molar-refractivity contribution in [1.29, 1.82) is 0 Å². The van der Waals surface area contributed by atoms with Gasteiger partial charge in [-0.1, -0.05) is 6.92 Å². The fourth-order valence-corrected chi connectivity index (χ4v) is 4.17. The third-order valence-electron chi connectivity index (χ3n) is 6.05. The van der Waals surface area contributed by atoms with E-state index in [-0.39, 0.29) is 41.5 Å². The molecule has 2 atom stereocenters. The largest absolute Gasteiger partial charge is 0.419 e. The van der Waals surface area contributed by atoms with E-state index < -0.39 is 17.6 Å². The van der Waals surface area contributed by atoms with Crippen molar-refractivity contribution in [2.75, 3.05) is 18.4 Å². The maximum Gasteiger partial charge on any atom is 0.419 e. The minimum atomic E-state index is -4.52. The van der Waals surface area contributed by atoms with Crippen molar-refractivity contribution in [2.24, 2.45) is 5.92 Å². The Morgan fingerprint density at radius 3 is 2.50 bits per heavy atom. The van der Waals surface area contributed by atoms with Gasteiger partial charge in [0.15, 0.2) is 0 Å². The van der Waals surface area contributed by atoms with E-state index in [2.05, 4.69) is 25.5 Å². The molecule has 1 aliphatic heterocycles. The number of benzene rings is 1. The summed E-state index contributed by atoms with van der Waals surface area (Å²) in [6.45, 7) is 4.20. The third kappa shape index (κ3) is 4.70. The Bertz CT molecular complexity index is 1150. The number of aromatic nitrogens is 5. The molecule has 1 fully saturated rings. The minimum absolute atomic E-state index is 0.0292. The topological polar surface area (TPSA) is 88.8 Å². The van der Waals surface area contributed by atoms with Gasteiger partial charge in [0.05, 0.1) is 35.2 Å².